The van der Waals surface area contributed by atoms with Crippen molar-refractivity contribution in [2.45, 2.75) is 18.5 Å². The molecule has 25 heavy (non-hydrogen) atoms. The Bertz CT molecular complexity index is 967. The van der Waals surface area contributed by atoms with Crippen LogP contribution in [0.1, 0.15) is 22.9 Å². The molecule has 1 aliphatic heterocycles. The third-order valence-electron chi connectivity index (χ3n) is 4.67. The Labute approximate surface area is 155 Å². The average molecular weight is 375 g/mol. The lowest BCUT2D eigenvalue weighted by molar-refractivity contribution is -0.143. The molecular formula is C19H16Cl2N2O2. The Morgan fingerprint density at radius 1 is 1.16 bits per heavy atom. The van der Waals surface area contributed by atoms with E-state index in [-0.39, 0.29) is 12.0 Å². The monoisotopic (exact) mass is 374 g/mol. The SMILES string of the molecule is COC(=O)[C@H]1Cc2c([nH]c3ccccc23)[C@@H](c2ccc(Cl)c(Cl)c2)N1. The lowest BCUT2D eigenvalue weighted by Crippen LogP contribution is -2.45. The molecule has 2 N–H and O–H groups in total. The number of para-hydroxylation sites is 1. The highest BCUT2D eigenvalue weighted by Crippen LogP contribution is 2.37. The van der Waals surface area contributed by atoms with Gasteiger partial charge in [0.25, 0.3) is 0 Å². The van der Waals surface area contributed by atoms with Gasteiger partial charge in [-0.1, -0.05) is 47.5 Å². The molecule has 2 atom stereocenters. The number of benzene rings is 2. The Hall–Kier alpha value is -2.01. The van der Waals surface area contributed by atoms with Crippen LogP contribution < -0.4 is 5.32 Å². The Morgan fingerprint density at radius 2 is 1.96 bits per heavy atom. The van der Waals surface area contributed by atoms with Gasteiger partial charge in [-0.25, -0.2) is 0 Å². The summed E-state index contributed by atoms with van der Waals surface area (Å²) in [6.45, 7) is 0. The molecule has 2 heterocycles. The van der Waals surface area contributed by atoms with Gasteiger partial charge in [0.2, 0.25) is 0 Å². The van der Waals surface area contributed by atoms with Crippen molar-refractivity contribution in [2.75, 3.05) is 7.11 Å². The number of methoxy groups -OCH3 is 1. The van der Waals surface area contributed by atoms with E-state index in [1.54, 1.807) is 6.07 Å². The first kappa shape index (κ1) is 16.5. The van der Waals surface area contributed by atoms with E-state index in [9.17, 15) is 4.79 Å². The minimum atomic E-state index is -0.420. The maximum atomic E-state index is 12.2. The van der Waals surface area contributed by atoms with E-state index in [0.29, 0.717) is 16.5 Å². The molecule has 0 unspecified atom stereocenters. The van der Waals surface area contributed by atoms with Crippen molar-refractivity contribution >= 4 is 40.1 Å². The smallest absolute Gasteiger partial charge is 0.323 e. The molecule has 0 radical (unpaired) electrons. The van der Waals surface area contributed by atoms with E-state index in [4.69, 9.17) is 27.9 Å². The number of aromatic amines is 1. The van der Waals surface area contributed by atoms with Crippen LogP contribution in [-0.2, 0) is 16.0 Å². The highest BCUT2D eigenvalue weighted by molar-refractivity contribution is 6.42. The highest BCUT2D eigenvalue weighted by Gasteiger charge is 2.34. The second-order valence-corrected chi connectivity index (χ2v) is 6.93. The second-order valence-electron chi connectivity index (χ2n) is 6.12. The number of ether oxygens (including phenoxy) is 1. The Kier molecular flexibility index (Phi) is 4.20. The van der Waals surface area contributed by atoms with Crippen LogP contribution >= 0.6 is 23.2 Å². The van der Waals surface area contributed by atoms with Gasteiger partial charge in [0.05, 0.1) is 23.2 Å². The first-order valence-corrected chi connectivity index (χ1v) is 8.72. The summed E-state index contributed by atoms with van der Waals surface area (Å²) in [5.74, 6) is -0.277. The molecule has 0 saturated carbocycles. The summed E-state index contributed by atoms with van der Waals surface area (Å²) in [4.78, 5) is 15.7. The maximum absolute atomic E-state index is 12.2. The van der Waals surface area contributed by atoms with Crippen molar-refractivity contribution in [2.24, 2.45) is 0 Å². The lowest BCUT2D eigenvalue weighted by atomic mass is 9.90. The molecule has 6 heteroatoms. The van der Waals surface area contributed by atoms with Gasteiger partial charge in [-0.2, -0.15) is 0 Å². The maximum Gasteiger partial charge on any atom is 0.323 e. The van der Waals surface area contributed by atoms with Crippen LogP contribution in [0.4, 0.5) is 0 Å². The molecule has 1 aliphatic rings. The molecule has 1 aromatic heterocycles. The van der Waals surface area contributed by atoms with Crippen LogP contribution in [0.3, 0.4) is 0 Å². The average Bonchev–Trinajstić information content (AvgIpc) is 3.01. The van der Waals surface area contributed by atoms with Crippen LogP contribution in [0.25, 0.3) is 10.9 Å². The van der Waals surface area contributed by atoms with Gasteiger partial charge in [-0.05, 0) is 29.3 Å². The van der Waals surface area contributed by atoms with Gasteiger partial charge in [0.15, 0.2) is 0 Å². The summed E-state index contributed by atoms with van der Waals surface area (Å²) in [6.07, 6.45) is 0.573. The minimum absolute atomic E-state index is 0.199. The summed E-state index contributed by atoms with van der Waals surface area (Å²) in [6, 6.07) is 13.0. The van der Waals surface area contributed by atoms with Gasteiger partial charge >= 0.3 is 5.97 Å². The number of esters is 1. The van der Waals surface area contributed by atoms with Crippen molar-refractivity contribution in [1.29, 1.82) is 0 Å². The molecule has 0 bridgehead atoms. The standard InChI is InChI=1S/C19H16Cl2N2O2/c1-25-19(24)16-9-12-11-4-2-3-5-15(11)22-18(12)17(23-16)10-6-7-13(20)14(21)8-10/h2-8,16-17,22-23H,9H2,1H3/t16-,17-/m1/s1. The molecule has 4 nitrogen and oxygen atoms in total. The second kappa shape index (κ2) is 6.37. The summed E-state index contributed by atoms with van der Waals surface area (Å²) in [7, 11) is 1.41. The normalized spacial score (nSPS) is 19.6. The number of hydrogen-bond donors (Lipinski definition) is 2. The molecule has 0 saturated heterocycles. The molecule has 4 rings (SSSR count). The molecule has 0 spiro atoms. The summed E-state index contributed by atoms with van der Waals surface area (Å²) < 4.78 is 4.96. The molecule has 0 amide bonds. The summed E-state index contributed by atoms with van der Waals surface area (Å²) >= 11 is 12.3. The number of fused-ring (bicyclic) bond motifs is 3. The van der Waals surface area contributed by atoms with Crippen LogP contribution in [-0.4, -0.2) is 24.1 Å². The summed E-state index contributed by atoms with van der Waals surface area (Å²) in [5.41, 5.74) is 4.15. The lowest BCUT2D eigenvalue weighted by Gasteiger charge is -2.30. The van der Waals surface area contributed by atoms with Gasteiger partial charge < -0.3 is 9.72 Å². The zero-order valence-electron chi connectivity index (χ0n) is 13.5. The van der Waals surface area contributed by atoms with Crippen molar-refractivity contribution in [3.8, 4) is 0 Å². The fourth-order valence-electron chi connectivity index (χ4n) is 3.48. The van der Waals surface area contributed by atoms with Gasteiger partial charge in [0.1, 0.15) is 6.04 Å². The number of hydrogen-bond acceptors (Lipinski definition) is 3. The molecule has 2 aromatic carbocycles. The van der Waals surface area contributed by atoms with Crippen molar-refractivity contribution in [1.82, 2.24) is 10.3 Å². The number of nitrogens with one attached hydrogen (secondary N) is 2. The summed E-state index contributed by atoms with van der Waals surface area (Å²) in [5, 5.41) is 5.49. The number of carbonyl (C=O) groups excluding carboxylic acids is 1. The van der Waals surface area contributed by atoms with Crippen LogP contribution in [0.5, 0.6) is 0 Å². The zero-order valence-corrected chi connectivity index (χ0v) is 15.0. The Morgan fingerprint density at radius 3 is 2.72 bits per heavy atom. The number of halogens is 2. The third-order valence-corrected chi connectivity index (χ3v) is 5.41. The first-order valence-electron chi connectivity index (χ1n) is 7.97. The van der Waals surface area contributed by atoms with E-state index in [1.165, 1.54) is 7.11 Å². The quantitative estimate of drug-likeness (QED) is 0.659. The highest BCUT2D eigenvalue weighted by atomic mass is 35.5. The third kappa shape index (κ3) is 2.80. The molecular weight excluding hydrogens is 359 g/mol. The van der Waals surface area contributed by atoms with E-state index < -0.39 is 6.04 Å². The van der Waals surface area contributed by atoms with Crippen molar-refractivity contribution < 1.29 is 9.53 Å². The van der Waals surface area contributed by atoms with Crippen LogP contribution in [0.15, 0.2) is 42.5 Å². The van der Waals surface area contributed by atoms with E-state index in [1.807, 2.05) is 30.3 Å². The molecule has 3 aromatic rings. The first-order chi connectivity index (χ1) is 12.1. The number of H-pyrrole nitrogens is 1. The van der Waals surface area contributed by atoms with Crippen molar-refractivity contribution in [3.05, 3.63) is 69.3 Å². The van der Waals surface area contributed by atoms with E-state index in [2.05, 4.69) is 16.4 Å². The predicted octanol–water partition coefficient (Wildman–Crippen LogP) is 4.25. The topological polar surface area (TPSA) is 54.1 Å². The predicted molar refractivity (Wildman–Crippen MR) is 99.2 cm³/mol. The zero-order chi connectivity index (χ0) is 17.6. The van der Waals surface area contributed by atoms with E-state index >= 15 is 0 Å². The molecule has 0 fully saturated rings. The fraction of sp³-hybridized carbons (Fsp3) is 0.211. The molecule has 0 aliphatic carbocycles. The molecule has 128 valence electrons. The van der Waals surface area contributed by atoms with Crippen LogP contribution in [0.2, 0.25) is 10.0 Å². The van der Waals surface area contributed by atoms with Crippen LogP contribution in [0, 0.1) is 0 Å². The number of rotatable bonds is 2. The van der Waals surface area contributed by atoms with Crippen molar-refractivity contribution in [3.63, 3.8) is 0 Å². The van der Waals surface area contributed by atoms with E-state index in [0.717, 1.165) is 27.7 Å². The largest absolute Gasteiger partial charge is 0.468 e. The fourth-order valence-corrected chi connectivity index (χ4v) is 3.79. The van der Waals surface area contributed by atoms with Gasteiger partial charge in [-0.15, -0.1) is 0 Å². The van der Waals surface area contributed by atoms with Gasteiger partial charge in [-0.3, -0.25) is 10.1 Å². The van der Waals surface area contributed by atoms with Gasteiger partial charge in [0, 0.05) is 23.0 Å². The number of carbonyl (C=O) groups is 1. The Balaban J connectivity index is 1.88. The minimum Gasteiger partial charge on any atom is -0.468 e. The number of aromatic nitrogens is 1.